The number of hydrogen-bond donors (Lipinski definition) is 0. The van der Waals surface area contributed by atoms with E-state index in [4.69, 9.17) is 0 Å². The minimum atomic E-state index is 0.933. The molecule has 0 fully saturated rings. The molecule has 0 heterocycles. The van der Waals surface area contributed by atoms with E-state index in [9.17, 15) is 0 Å². The second kappa shape index (κ2) is 7.83. The molecule has 122 valence electrons. The zero-order valence-corrected chi connectivity index (χ0v) is 14.6. The van der Waals surface area contributed by atoms with Crippen LogP contribution in [0.1, 0.15) is 24.5 Å². The highest BCUT2D eigenvalue weighted by Gasteiger charge is 2.10. The van der Waals surface area contributed by atoms with Gasteiger partial charge in [0.05, 0.1) is 0 Å². The van der Waals surface area contributed by atoms with E-state index >= 15 is 0 Å². The van der Waals surface area contributed by atoms with Gasteiger partial charge in [0.15, 0.2) is 0 Å². The molecule has 0 aromatic heterocycles. The second-order valence-electron chi connectivity index (χ2n) is 6.28. The number of anilines is 1. The Labute approximate surface area is 145 Å². The van der Waals surface area contributed by atoms with Gasteiger partial charge in [-0.2, -0.15) is 0 Å². The predicted octanol–water partition coefficient (Wildman–Crippen LogP) is 6.08. The number of aryl methyl sites for hydroxylation is 1. The molecule has 0 N–H and O–H groups in total. The van der Waals surface area contributed by atoms with Crippen LogP contribution in [0, 0.1) is 6.92 Å². The van der Waals surface area contributed by atoms with Crippen molar-refractivity contribution >= 4 is 5.69 Å². The lowest BCUT2D eigenvalue weighted by Gasteiger charge is -2.26. The number of hydrogen-bond acceptors (Lipinski definition) is 1. The molecule has 0 atom stereocenters. The average molecular weight is 315 g/mol. The van der Waals surface area contributed by atoms with Gasteiger partial charge in [-0.05, 0) is 42.2 Å². The minimum absolute atomic E-state index is 0.933. The predicted molar refractivity (Wildman–Crippen MR) is 104 cm³/mol. The lowest BCUT2D eigenvalue weighted by atomic mass is 9.99. The van der Waals surface area contributed by atoms with Crippen LogP contribution in [0.5, 0.6) is 0 Å². The van der Waals surface area contributed by atoms with Crippen molar-refractivity contribution in [1.82, 2.24) is 0 Å². The third-order valence-corrected chi connectivity index (χ3v) is 4.36. The summed E-state index contributed by atoms with van der Waals surface area (Å²) >= 11 is 0. The van der Waals surface area contributed by atoms with Crippen LogP contribution in [-0.2, 0) is 6.54 Å². The fraction of sp³-hybridized carbons (Fsp3) is 0.217. The van der Waals surface area contributed by atoms with Crippen LogP contribution in [0.3, 0.4) is 0 Å². The molecule has 0 spiro atoms. The first kappa shape index (κ1) is 16.3. The van der Waals surface area contributed by atoms with Gasteiger partial charge in [-0.3, -0.25) is 0 Å². The Morgan fingerprint density at radius 3 is 2.12 bits per heavy atom. The molecule has 0 aliphatic heterocycles. The van der Waals surface area contributed by atoms with Gasteiger partial charge in [0.2, 0.25) is 0 Å². The molecule has 0 unspecified atom stereocenters. The molecule has 3 aromatic rings. The van der Waals surface area contributed by atoms with Crippen molar-refractivity contribution in [2.24, 2.45) is 0 Å². The van der Waals surface area contributed by atoms with Crippen LogP contribution in [0.2, 0.25) is 0 Å². The highest BCUT2D eigenvalue weighted by molar-refractivity contribution is 5.68. The van der Waals surface area contributed by atoms with Crippen molar-refractivity contribution in [3.05, 3.63) is 90.0 Å². The quantitative estimate of drug-likeness (QED) is 0.533. The molecular formula is C23H25N. The normalized spacial score (nSPS) is 10.6. The third kappa shape index (κ3) is 3.86. The van der Waals surface area contributed by atoms with E-state index in [1.165, 1.54) is 27.9 Å². The topological polar surface area (TPSA) is 3.24 Å². The largest absolute Gasteiger partial charge is 0.367 e. The SMILES string of the molecule is CCCN(Cc1ccccc1-c1ccccc1)c1ccc(C)cc1. The van der Waals surface area contributed by atoms with Crippen molar-refractivity contribution < 1.29 is 0 Å². The summed E-state index contributed by atoms with van der Waals surface area (Å²) in [7, 11) is 0. The Kier molecular flexibility index (Phi) is 5.32. The van der Waals surface area contributed by atoms with Gasteiger partial charge < -0.3 is 4.90 Å². The van der Waals surface area contributed by atoms with Gasteiger partial charge in [-0.25, -0.2) is 0 Å². The zero-order valence-electron chi connectivity index (χ0n) is 14.6. The highest BCUT2D eigenvalue weighted by atomic mass is 15.1. The molecule has 0 saturated carbocycles. The molecule has 0 saturated heterocycles. The van der Waals surface area contributed by atoms with Crippen molar-refractivity contribution in [2.45, 2.75) is 26.8 Å². The lowest BCUT2D eigenvalue weighted by Crippen LogP contribution is -2.23. The summed E-state index contributed by atoms with van der Waals surface area (Å²) in [6.45, 7) is 6.37. The second-order valence-corrected chi connectivity index (χ2v) is 6.28. The van der Waals surface area contributed by atoms with E-state index in [1.807, 2.05) is 0 Å². The molecule has 1 heteroatoms. The Balaban J connectivity index is 1.92. The highest BCUT2D eigenvalue weighted by Crippen LogP contribution is 2.26. The lowest BCUT2D eigenvalue weighted by molar-refractivity contribution is 0.768. The van der Waals surface area contributed by atoms with Crippen LogP contribution < -0.4 is 4.90 Å². The van der Waals surface area contributed by atoms with Gasteiger partial charge in [-0.15, -0.1) is 0 Å². The molecule has 0 radical (unpaired) electrons. The summed E-state index contributed by atoms with van der Waals surface area (Å²) in [4.78, 5) is 2.47. The average Bonchev–Trinajstić information content (AvgIpc) is 2.63. The van der Waals surface area contributed by atoms with Crippen LogP contribution >= 0.6 is 0 Å². The molecule has 1 nitrogen and oxygen atoms in total. The molecule has 0 aliphatic rings. The summed E-state index contributed by atoms with van der Waals surface area (Å²) in [6, 6.07) is 28.3. The van der Waals surface area contributed by atoms with Crippen LogP contribution in [-0.4, -0.2) is 6.54 Å². The smallest absolute Gasteiger partial charge is 0.0435 e. The first-order valence-corrected chi connectivity index (χ1v) is 8.73. The Hall–Kier alpha value is -2.54. The summed E-state index contributed by atoms with van der Waals surface area (Å²) in [5.74, 6) is 0. The Morgan fingerprint density at radius 2 is 1.42 bits per heavy atom. The van der Waals surface area contributed by atoms with E-state index in [2.05, 4.69) is 97.6 Å². The molecule has 3 aromatic carbocycles. The zero-order chi connectivity index (χ0) is 16.8. The van der Waals surface area contributed by atoms with Gasteiger partial charge in [0.25, 0.3) is 0 Å². The van der Waals surface area contributed by atoms with Crippen molar-refractivity contribution in [1.29, 1.82) is 0 Å². The van der Waals surface area contributed by atoms with Gasteiger partial charge in [0.1, 0.15) is 0 Å². The monoisotopic (exact) mass is 315 g/mol. The molecular weight excluding hydrogens is 290 g/mol. The maximum absolute atomic E-state index is 2.47. The summed E-state index contributed by atoms with van der Waals surface area (Å²) in [6.07, 6.45) is 1.14. The van der Waals surface area contributed by atoms with Gasteiger partial charge >= 0.3 is 0 Å². The van der Waals surface area contributed by atoms with Crippen molar-refractivity contribution in [3.63, 3.8) is 0 Å². The number of nitrogens with zero attached hydrogens (tertiary/aromatic N) is 1. The van der Waals surface area contributed by atoms with Crippen LogP contribution in [0.25, 0.3) is 11.1 Å². The molecule has 0 bridgehead atoms. The van der Waals surface area contributed by atoms with Crippen LogP contribution in [0.15, 0.2) is 78.9 Å². The van der Waals surface area contributed by atoms with E-state index in [0.717, 1.165) is 19.5 Å². The molecule has 24 heavy (non-hydrogen) atoms. The Bertz CT molecular complexity index is 760. The summed E-state index contributed by atoms with van der Waals surface area (Å²) in [5.41, 5.74) is 6.59. The van der Waals surface area contributed by atoms with Gasteiger partial charge in [0, 0.05) is 18.8 Å². The number of rotatable bonds is 6. The molecule has 0 aliphatic carbocycles. The first-order chi connectivity index (χ1) is 11.8. The maximum atomic E-state index is 2.47. The van der Waals surface area contributed by atoms with E-state index in [0.29, 0.717) is 0 Å². The fourth-order valence-corrected chi connectivity index (χ4v) is 3.09. The van der Waals surface area contributed by atoms with Crippen molar-refractivity contribution in [2.75, 3.05) is 11.4 Å². The van der Waals surface area contributed by atoms with Gasteiger partial charge in [-0.1, -0.05) is 79.2 Å². The standard InChI is InChI=1S/C23H25N/c1-3-17-24(22-15-13-19(2)14-16-22)18-21-11-7-8-12-23(21)20-9-5-4-6-10-20/h4-16H,3,17-18H2,1-2H3. The van der Waals surface area contributed by atoms with E-state index < -0.39 is 0 Å². The van der Waals surface area contributed by atoms with E-state index in [-0.39, 0.29) is 0 Å². The minimum Gasteiger partial charge on any atom is -0.367 e. The third-order valence-electron chi connectivity index (χ3n) is 4.36. The molecule has 3 rings (SSSR count). The van der Waals surface area contributed by atoms with Crippen LogP contribution in [0.4, 0.5) is 5.69 Å². The fourth-order valence-electron chi connectivity index (χ4n) is 3.09. The maximum Gasteiger partial charge on any atom is 0.0435 e. The first-order valence-electron chi connectivity index (χ1n) is 8.73. The Morgan fingerprint density at radius 1 is 0.750 bits per heavy atom. The summed E-state index contributed by atoms with van der Waals surface area (Å²) in [5, 5.41) is 0. The number of benzene rings is 3. The van der Waals surface area contributed by atoms with Crippen molar-refractivity contribution in [3.8, 4) is 11.1 Å². The summed E-state index contributed by atoms with van der Waals surface area (Å²) < 4.78 is 0. The van der Waals surface area contributed by atoms with E-state index in [1.54, 1.807) is 0 Å². The molecule has 0 amide bonds.